The van der Waals surface area contributed by atoms with E-state index in [-0.39, 0.29) is 5.75 Å². The Morgan fingerprint density at radius 2 is 2.13 bits per heavy atom. The normalized spacial score (nSPS) is 12.9. The predicted molar refractivity (Wildman–Crippen MR) is 56.3 cm³/mol. The minimum atomic E-state index is -2.52. The summed E-state index contributed by atoms with van der Waals surface area (Å²) in [5, 5.41) is 9.41. The second kappa shape index (κ2) is 5.42. The molecule has 0 fully saturated rings. The van der Waals surface area contributed by atoms with Crippen molar-refractivity contribution in [1.29, 1.82) is 0 Å². The average Bonchev–Trinajstić information content (AvgIpc) is 2.15. The van der Waals surface area contributed by atoms with Crippen molar-refractivity contribution in [3.8, 4) is 5.75 Å². The van der Waals surface area contributed by atoms with Crippen LogP contribution in [0.5, 0.6) is 5.75 Å². The van der Waals surface area contributed by atoms with Gasteiger partial charge in [0.25, 0.3) is 6.43 Å². The first-order valence-corrected chi connectivity index (χ1v) is 5.18. The van der Waals surface area contributed by atoms with Crippen LogP contribution in [0, 0.1) is 0 Å². The van der Waals surface area contributed by atoms with Gasteiger partial charge in [0.05, 0.1) is 6.10 Å². The van der Waals surface area contributed by atoms with E-state index in [1.807, 2.05) is 0 Å². The molecular formula is C10H11BrF2O2. The van der Waals surface area contributed by atoms with Crippen LogP contribution in [0.4, 0.5) is 8.78 Å². The molecule has 1 rings (SSSR count). The lowest BCUT2D eigenvalue weighted by molar-refractivity contribution is 0.0794. The summed E-state index contributed by atoms with van der Waals surface area (Å²) < 4.78 is 29.5. The van der Waals surface area contributed by atoms with Gasteiger partial charge in [-0.1, -0.05) is 15.9 Å². The van der Waals surface area contributed by atoms with E-state index in [2.05, 4.69) is 15.9 Å². The molecule has 1 atom stereocenters. The molecule has 0 aliphatic rings. The number of aliphatic hydroxyl groups excluding tert-OH is 1. The molecule has 0 heterocycles. The van der Waals surface area contributed by atoms with Crippen LogP contribution in [-0.4, -0.2) is 18.1 Å². The second-order valence-corrected chi connectivity index (χ2v) is 3.98. The quantitative estimate of drug-likeness (QED) is 0.918. The molecule has 1 aromatic rings. The van der Waals surface area contributed by atoms with Crippen molar-refractivity contribution in [2.75, 3.05) is 6.61 Å². The highest BCUT2D eigenvalue weighted by Gasteiger charge is 2.11. The lowest BCUT2D eigenvalue weighted by atomic mass is 10.1. The first kappa shape index (κ1) is 12.4. The monoisotopic (exact) mass is 280 g/mol. The summed E-state index contributed by atoms with van der Waals surface area (Å²) in [5.74, 6) is 0.286. The fourth-order valence-corrected chi connectivity index (χ4v) is 1.51. The predicted octanol–water partition coefficient (Wildman–Crippen LogP) is 3.15. The van der Waals surface area contributed by atoms with Crippen LogP contribution < -0.4 is 4.74 Å². The van der Waals surface area contributed by atoms with Gasteiger partial charge in [-0.25, -0.2) is 8.78 Å². The zero-order valence-corrected chi connectivity index (χ0v) is 9.67. The molecule has 2 nitrogen and oxygen atoms in total. The summed E-state index contributed by atoms with van der Waals surface area (Å²) >= 11 is 3.23. The molecule has 0 saturated carbocycles. The smallest absolute Gasteiger partial charge is 0.272 e. The Balaban J connectivity index is 2.86. The average molecular weight is 281 g/mol. The zero-order valence-electron chi connectivity index (χ0n) is 8.08. The Labute approximate surface area is 95.0 Å². The molecule has 0 aromatic heterocycles. The Hall–Kier alpha value is -0.680. The first-order chi connectivity index (χ1) is 7.00. The van der Waals surface area contributed by atoms with Gasteiger partial charge < -0.3 is 9.84 Å². The molecule has 15 heavy (non-hydrogen) atoms. The molecule has 0 radical (unpaired) electrons. The molecule has 0 aliphatic carbocycles. The van der Waals surface area contributed by atoms with Gasteiger partial charge in [-0.15, -0.1) is 0 Å². The Morgan fingerprint density at radius 3 is 2.67 bits per heavy atom. The molecule has 1 unspecified atom stereocenters. The third kappa shape index (κ3) is 3.76. The van der Waals surface area contributed by atoms with E-state index in [1.165, 1.54) is 0 Å². The summed E-state index contributed by atoms with van der Waals surface area (Å²) in [7, 11) is 0. The zero-order chi connectivity index (χ0) is 11.4. The van der Waals surface area contributed by atoms with Crippen molar-refractivity contribution in [3.63, 3.8) is 0 Å². The number of rotatable bonds is 4. The standard InChI is InChI=1S/C10H11BrF2O2/c1-6(14)8-4-7(11)2-3-9(8)15-5-10(12)13/h2-4,6,10,14H,5H2,1H3. The van der Waals surface area contributed by atoms with Crippen LogP contribution in [0.1, 0.15) is 18.6 Å². The number of alkyl halides is 2. The van der Waals surface area contributed by atoms with Crippen molar-refractivity contribution in [2.45, 2.75) is 19.5 Å². The Bertz CT molecular complexity index is 329. The van der Waals surface area contributed by atoms with Crippen molar-refractivity contribution in [3.05, 3.63) is 28.2 Å². The van der Waals surface area contributed by atoms with E-state index in [9.17, 15) is 13.9 Å². The molecule has 0 amide bonds. The van der Waals surface area contributed by atoms with Gasteiger partial charge in [-0.3, -0.25) is 0 Å². The summed E-state index contributed by atoms with van der Waals surface area (Å²) in [6.07, 6.45) is -3.27. The summed E-state index contributed by atoms with van der Waals surface area (Å²) in [5.41, 5.74) is 0.491. The summed E-state index contributed by atoms with van der Waals surface area (Å²) in [6, 6.07) is 4.87. The molecule has 84 valence electrons. The highest BCUT2D eigenvalue weighted by atomic mass is 79.9. The number of ether oxygens (including phenoxy) is 1. The maximum absolute atomic E-state index is 11.9. The Morgan fingerprint density at radius 1 is 1.47 bits per heavy atom. The van der Waals surface area contributed by atoms with Crippen molar-refractivity contribution >= 4 is 15.9 Å². The van der Waals surface area contributed by atoms with E-state index in [0.29, 0.717) is 5.56 Å². The molecule has 0 spiro atoms. The molecule has 1 aromatic carbocycles. The van der Waals surface area contributed by atoms with Crippen molar-refractivity contribution < 1.29 is 18.6 Å². The van der Waals surface area contributed by atoms with E-state index < -0.39 is 19.1 Å². The minimum absolute atomic E-state index is 0.286. The van der Waals surface area contributed by atoms with Gasteiger partial charge in [-0.05, 0) is 25.1 Å². The topological polar surface area (TPSA) is 29.5 Å². The number of halogens is 3. The van der Waals surface area contributed by atoms with Gasteiger partial charge >= 0.3 is 0 Å². The molecule has 5 heteroatoms. The number of benzene rings is 1. The van der Waals surface area contributed by atoms with Gasteiger partial charge in [0.15, 0.2) is 0 Å². The van der Waals surface area contributed by atoms with E-state index >= 15 is 0 Å². The highest BCUT2D eigenvalue weighted by Crippen LogP contribution is 2.28. The first-order valence-electron chi connectivity index (χ1n) is 4.39. The van der Waals surface area contributed by atoms with Gasteiger partial charge in [0, 0.05) is 10.0 Å². The highest BCUT2D eigenvalue weighted by molar-refractivity contribution is 9.10. The number of hydrogen-bond donors (Lipinski definition) is 1. The molecule has 0 saturated heterocycles. The van der Waals surface area contributed by atoms with Crippen LogP contribution in [-0.2, 0) is 0 Å². The maximum atomic E-state index is 11.9. The lowest BCUT2D eigenvalue weighted by Crippen LogP contribution is -2.09. The van der Waals surface area contributed by atoms with Crippen LogP contribution in [0.25, 0.3) is 0 Å². The maximum Gasteiger partial charge on any atom is 0.272 e. The van der Waals surface area contributed by atoms with Gasteiger partial charge in [0.2, 0.25) is 0 Å². The fourth-order valence-electron chi connectivity index (χ4n) is 1.13. The van der Waals surface area contributed by atoms with Crippen LogP contribution in [0.15, 0.2) is 22.7 Å². The number of hydrogen-bond acceptors (Lipinski definition) is 2. The van der Waals surface area contributed by atoms with E-state index in [4.69, 9.17) is 4.74 Å². The molecular weight excluding hydrogens is 270 g/mol. The van der Waals surface area contributed by atoms with Crippen molar-refractivity contribution in [2.24, 2.45) is 0 Å². The van der Waals surface area contributed by atoms with Crippen LogP contribution in [0.2, 0.25) is 0 Å². The van der Waals surface area contributed by atoms with Gasteiger partial charge in [-0.2, -0.15) is 0 Å². The molecule has 1 N–H and O–H groups in total. The third-order valence-corrected chi connectivity index (χ3v) is 2.28. The summed E-state index contributed by atoms with van der Waals surface area (Å²) in [4.78, 5) is 0. The van der Waals surface area contributed by atoms with E-state index in [0.717, 1.165) is 4.47 Å². The largest absolute Gasteiger partial charge is 0.487 e. The lowest BCUT2D eigenvalue weighted by Gasteiger charge is -2.13. The SMILES string of the molecule is CC(O)c1cc(Br)ccc1OCC(F)F. The van der Waals surface area contributed by atoms with Crippen LogP contribution in [0.3, 0.4) is 0 Å². The van der Waals surface area contributed by atoms with Gasteiger partial charge in [0.1, 0.15) is 12.4 Å². The van der Waals surface area contributed by atoms with Crippen LogP contribution >= 0.6 is 15.9 Å². The summed E-state index contributed by atoms with van der Waals surface area (Å²) in [6.45, 7) is 0.887. The van der Waals surface area contributed by atoms with E-state index in [1.54, 1.807) is 25.1 Å². The number of aliphatic hydroxyl groups is 1. The second-order valence-electron chi connectivity index (χ2n) is 3.06. The Kier molecular flexibility index (Phi) is 4.47. The third-order valence-electron chi connectivity index (χ3n) is 1.79. The molecule has 0 aliphatic heterocycles. The minimum Gasteiger partial charge on any atom is -0.487 e. The fraction of sp³-hybridized carbons (Fsp3) is 0.400. The van der Waals surface area contributed by atoms with Crippen molar-refractivity contribution in [1.82, 2.24) is 0 Å². The molecule has 0 bridgehead atoms.